The van der Waals surface area contributed by atoms with Crippen molar-refractivity contribution in [3.63, 3.8) is 0 Å². The molecule has 1 unspecified atom stereocenters. The zero-order valence-electron chi connectivity index (χ0n) is 8.66. The molecule has 0 radical (unpaired) electrons. The molecule has 4 nitrogen and oxygen atoms in total. The summed E-state index contributed by atoms with van der Waals surface area (Å²) in [6.07, 6.45) is 0.392. The topological polar surface area (TPSA) is 46.6 Å². The molecule has 1 atom stereocenters. The van der Waals surface area contributed by atoms with Gasteiger partial charge in [-0.3, -0.25) is 9.59 Å². The normalized spacial score (nSPS) is 12.7. The molecule has 0 bridgehead atoms. The van der Waals surface area contributed by atoms with E-state index in [9.17, 15) is 9.59 Å². The Hall–Kier alpha value is -0.900. The molecule has 0 saturated heterocycles. The highest BCUT2D eigenvalue weighted by atomic mass is 16.5. The van der Waals surface area contributed by atoms with Crippen molar-refractivity contribution in [3.05, 3.63) is 0 Å². The number of ether oxygens (including phenoxy) is 1. The van der Waals surface area contributed by atoms with Crippen LogP contribution in [0.5, 0.6) is 0 Å². The van der Waals surface area contributed by atoms with Gasteiger partial charge in [0.2, 0.25) is 0 Å². The molecule has 0 spiro atoms. The molecule has 13 heavy (non-hydrogen) atoms. The lowest BCUT2D eigenvalue weighted by Gasteiger charge is -2.11. The fourth-order valence-corrected chi connectivity index (χ4v) is 0.859. The van der Waals surface area contributed by atoms with Gasteiger partial charge < -0.3 is 9.64 Å². The Labute approximate surface area is 78.9 Å². The predicted octanol–water partition coefficient (Wildman–Crippen LogP) is 0.316. The van der Waals surface area contributed by atoms with E-state index >= 15 is 0 Å². The first-order valence-electron chi connectivity index (χ1n) is 4.24. The van der Waals surface area contributed by atoms with Crippen LogP contribution in [0.3, 0.4) is 0 Å². The van der Waals surface area contributed by atoms with Crippen molar-refractivity contribution in [2.24, 2.45) is 5.92 Å². The zero-order valence-corrected chi connectivity index (χ0v) is 8.66. The van der Waals surface area contributed by atoms with Crippen molar-refractivity contribution >= 4 is 11.8 Å². The van der Waals surface area contributed by atoms with Crippen molar-refractivity contribution in [1.29, 1.82) is 0 Å². The van der Waals surface area contributed by atoms with Gasteiger partial charge in [0.1, 0.15) is 11.7 Å². The Kier molecular flexibility index (Phi) is 5.30. The van der Waals surface area contributed by atoms with E-state index in [4.69, 9.17) is 0 Å². The van der Waals surface area contributed by atoms with E-state index in [1.54, 1.807) is 6.92 Å². The van der Waals surface area contributed by atoms with Crippen molar-refractivity contribution in [2.45, 2.75) is 13.3 Å². The fourth-order valence-electron chi connectivity index (χ4n) is 0.859. The third-order valence-electron chi connectivity index (χ3n) is 1.84. The minimum Gasteiger partial charge on any atom is -0.468 e. The number of Topliss-reactive ketones (excluding diaryl/α,β-unsaturated/α-hetero) is 1. The zero-order chi connectivity index (χ0) is 10.4. The number of methoxy groups -OCH3 is 1. The van der Waals surface area contributed by atoms with Gasteiger partial charge in [0, 0.05) is 13.0 Å². The third kappa shape index (κ3) is 4.62. The van der Waals surface area contributed by atoms with Gasteiger partial charge in [-0.15, -0.1) is 0 Å². The summed E-state index contributed by atoms with van der Waals surface area (Å²) in [5.41, 5.74) is 0. The van der Waals surface area contributed by atoms with Crippen LogP contribution in [0.15, 0.2) is 0 Å². The smallest absolute Gasteiger partial charge is 0.315 e. The maximum absolute atomic E-state index is 11.3. The molecule has 0 fully saturated rings. The summed E-state index contributed by atoms with van der Waals surface area (Å²) in [6.45, 7) is 2.24. The second kappa shape index (κ2) is 5.70. The number of esters is 1. The Morgan fingerprint density at radius 3 is 2.31 bits per heavy atom. The molecule has 0 aromatic rings. The minimum atomic E-state index is -0.634. The van der Waals surface area contributed by atoms with Gasteiger partial charge in [0.05, 0.1) is 7.11 Å². The first-order valence-corrected chi connectivity index (χ1v) is 4.24. The lowest BCUT2D eigenvalue weighted by Crippen LogP contribution is -2.25. The quantitative estimate of drug-likeness (QED) is 0.459. The number of ketones is 1. The number of carbonyl (C=O) groups excluding carboxylic acids is 2. The van der Waals surface area contributed by atoms with Gasteiger partial charge >= 0.3 is 5.97 Å². The van der Waals surface area contributed by atoms with Gasteiger partial charge in [-0.25, -0.2) is 0 Å². The standard InChI is InChI=1S/C9H17NO3/c1-7(9(12)13-4)8(11)5-6-10(2)3/h7H,5-6H2,1-4H3. The van der Waals surface area contributed by atoms with Gasteiger partial charge in [0.25, 0.3) is 0 Å². The lowest BCUT2D eigenvalue weighted by atomic mass is 10.0. The number of nitrogens with zero attached hydrogens (tertiary/aromatic N) is 1. The first kappa shape index (κ1) is 12.1. The van der Waals surface area contributed by atoms with E-state index in [0.717, 1.165) is 0 Å². The highest BCUT2D eigenvalue weighted by Gasteiger charge is 2.21. The molecule has 76 valence electrons. The van der Waals surface area contributed by atoms with Crippen LogP contribution >= 0.6 is 0 Å². The van der Waals surface area contributed by atoms with E-state index in [0.29, 0.717) is 13.0 Å². The summed E-state index contributed by atoms with van der Waals surface area (Å²) in [4.78, 5) is 24.2. The van der Waals surface area contributed by atoms with E-state index in [1.165, 1.54) is 7.11 Å². The molecule has 0 aromatic heterocycles. The average Bonchev–Trinajstić information content (AvgIpc) is 2.11. The Morgan fingerprint density at radius 2 is 1.92 bits per heavy atom. The molecule has 0 aliphatic heterocycles. The summed E-state index contributed by atoms with van der Waals surface area (Å²) in [5.74, 6) is -1.16. The highest BCUT2D eigenvalue weighted by molar-refractivity contribution is 5.98. The van der Waals surface area contributed by atoms with Crippen molar-refractivity contribution in [2.75, 3.05) is 27.7 Å². The SMILES string of the molecule is COC(=O)C(C)C(=O)CCN(C)C. The molecule has 4 heteroatoms. The molecule has 0 saturated carbocycles. The van der Waals surface area contributed by atoms with Gasteiger partial charge in [-0.1, -0.05) is 0 Å². The van der Waals surface area contributed by atoms with Crippen LogP contribution in [0.1, 0.15) is 13.3 Å². The van der Waals surface area contributed by atoms with Crippen LogP contribution in [-0.4, -0.2) is 44.4 Å². The Morgan fingerprint density at radius 1 is 1.38 bits per heavy atom. The third-order valence-corrected chi connectivity index (χ3v) is 1.84. The molecule has 0 aliphatic rings. The van der Waals surface area contributed by atoms with Gasteiger partial charge in [0.15, 0.2) is 0 Å². The highest BCUT2D eigenvalue weighted by Crippen LogP contribution is 2.03. The van der Waals surface area contributed by atoms with Crippen LogP contribution in [0.25, 0.3) is 0 Å². The molecule has 0 aliphatic carbocycles. The Bertz CT molecular complexity index is 189. The van der Waals surface area contributed by atoms with E-state index in [2.05, 4.69) is 4.74 Å². The summed E-state index contributed by atoms with van der Waals surface area (Å²) in [7, 11) is 5.06. The lowest BCUT2D eigenvalue weighted by molar-refractivity contribution is -0.148. The van der Waals surface area contributed by atoms with E-state index < -0.39 is 11.9 Å². The van der Waals surface area contributed by atoms with Crippen LogP contribution in [0.4, 0.5) is 0 Å². The fraction of sp³-hybridized carbons (Fsp3) is 0.778. The molecule has 0 amide bonds. The van der Waals surface area contributed by atoms with Crippen LogP contribution in [0.2, 0.25) is 0 Å². The maximum Gasteiger partial charge on any atom is 0.315 e. The van der Waals surface area contributed by atoms with Crippen LogP contribution in [-0.2, 0) is 14.3 Å². The van der Waals surface area contributed by atoms with Gasteiger partial charge in [-0.2, -0.15) is 0 Å². The second-order valence-corrected chi connectivity index (χ2v) is 3.26. The molecular weight excluding hydrogens is 170 g/mol. The van der Waals surface area contributed by atoms with Crippen LogP contribution in [0, 0.1) is 5.92 Å². The summed E-state index contributed by atoms with van der Waals surface area (Å²) >= 11 is 0. The number of rotatable bonds is 5. The number of hydrogen-bond donors (Lipinski definition) is 0. The summed E-state index contributed by atoms with van der Waals surface area (Å²) < 4.78 is 4.47. The Balaban J connectivity index is 3.90. The van der Waals surface area contributed by atoms with Crippen molar-refractivity contribution in [3.8, 4) is 0 Å². The minimum absolute atomic E-state index is 0.0689. The molecular formula is C9H17NO3. The van der Waals surface area contributed by atoms with Crippen molar-refractivity contribution < 1.29 is 14.3 Å². The number of hydrogen-bond acceptors (Lipinski definition) is 4. The molecule has 0 heterocycles. The monoisotopic (exact) mass is 187 g/mol. The second-order valence-electron chi connectivity index (χ2n) is 3.26. The summed E-state index contributed by atoms with van der Waals surface area (Å²) in [6, 6.07) is 0. The molecule has 0 aromatic carbocycles. The predicted molar refractivity (Wildman–Crippen MR) is 49.4 cm³/mol. The first-order chi connectivity index (χ1) is 5.99. The number of carbonyl (C=O) groups is 2. The summed E-state index contributed by atoms with van der Waals surface area (Å²) in [5, 5.41) is 0. The van der Waals surface area contributed by atoms with E-state index in [1.807, 2.05) is 19.0 Å². The maximum atomic E-state index is 11.3. The largest absolute Gasteiger partial charge is 0.468 e. The molecule has 0 N–H and O–H groups in total. The van der Waals surface area contributed by atoms with Crippen LogP contribution < -0.4 is 0 Å². The average molecular weight is 187 g/mol. The van der Waals surface area contributed by atoms with Crippen molar-refractivity contribution in [1.82, 2.24) is 4.90 Å². The van der Waals surface area contributed by atoms with Gasteiger partial charge in [-0.05, 0) is 21.0 Å². The van der Waals surface area contributed by atoms with E-state index in [-0.39, 0.29) is 5.78 Å². The molecule has 0 rings (SSSR count).